The van der Waals surface area contributed by atoms with Crippen molar-refractivity contribution in [1.29, 1.82) is 0 Å². The number of amides is 1. The van der Waals surface area contributed by atoms with Gasteiger partial charge < -0.3 is 10.2 Å². The summed E-state index contributed by atoms with van der Waals surface area (Å²) in [4.78, 5) is 18.4. The molecule has 1 aliphatic heterocycles. The molecule has 1 amide bonds. The number of aromatic nitrogens is 1. The quantitative estimate of drug-likeness (QED) is 0.881. The molecule has 0 saturated carbocycles. The predicted molar refractivity (Wildman–Crippen MR) is 71.4 cm³/mol. The average molecular weight is 247 g/mol. The molecule has 1 saturated heterocycles. The van der Waals surface area contributed by atoms with Crippen LogP contribution in [0.1, 0.15) is 30.6 Å². The van der Waals surface area contributed by atoms with E-state index < -0.39 is 0 Å². The number of nitrogens with zero attached hydrogens (tertiary/aromatic N) is 2. The smallest absolute Gasteiger partial charge is 0.254 e. The van der Waals surface area contributed by atoms with Crippen LogP contribution in [-0.2, 0) is 0 Å². The molecule has 0 bridgehead atoms. The van der Waals surface area contributed by atoms with E-state index in [0.29, 0.717) is 12.0 Å². The second-order valence-electron chi connectivity index (χ2n) is 5.22. The van der Waals surface area contributed by atoms with Crippen molar-refractivity contribution in [1.82, 2.24) is 15.2 Å². The lowest BCUT2D eigenvalue weighted by Crippen LogP contribution is -2.54. The van der Waals surface area contributed by atoms with Gasteiger partial charge in [0.15, 0.2) is 0 Å². The molecule has 0 aliphatic carbocycles. The fourth-order valence-electron chi connectivity index (χ4n) is 2.44. The van der Waals surface area contributed by atoms with Gasteiger partial charge in [0.1, 0.15) is 0 Å². The molecular weight excluding hydrogens is 226 g/mol. The largest absolute Gasteiger partial charge is 0.333 e. The van der Waals surface area contributed by atoms with Gasteiger partial charge in [0.2, 0.25) is 0 Å². The first-order chi connectivity index (χ1) is 8.68. The van der Waals surface area contributed by atoms with Gasteiger partial charge in [-0.3, -0.25) is 9.78 Å². The third-order valence-electron chi connectivity index (χ3n) is 3.28. The average Bonchev–Trinajstić information content (AvgIpc) is 2.39. The van der Waals surface area contributed by atoms with Crippen LogP contribution in [0.25, 0.3) is 0 Å². The second-order valence-corrected chi connectivity index (χ2v) is 5.22. The molecule has 1 aliphatic rings. The Hall–Kier alpha value is -1.42. The Bertz CT molecular complexity index is 391. The van der Waals surface area contributed by atoms with E-state index in [2.05, 4.69) is 24.1 Å². The van der Waals surface area contributed by atoms with E-state index in [9.17, 15) is 4.79 Å². The lowest BCUT2D eigenvalue weighted by molar-refractivity contribution is 0.0610. The Morgan fingerprint density at radius 1 is 1.50 bits per heavy atom. The van der Waals surface area contributed by atoms with Gasteiger partial charge in [0.05, 0.1) is 0 Å². The minimum absolute atomic E-state index is 0.129. The third kappa shape index (κ3) is 3.07. The molecule has 2 heterocycles. The number of rotatable bonds is 3. The van der Waals surface area contributed by atoms with E-state index >= 15 is 0 Å². The summed E-state index contributed by atoms with van der Waals surface area (Å²) in [5.74, 6) is 0.729. The molecule has 1 aromatic heterocycles. The molecule has 4 heteroatoms. The van der Waals surface area contributed by atoms with Crippen LogP contribution < -0.4 is 5.32 Å². The van der Waals surface area contributed by atoms with Gasteiger partial charge in [-0.15, -0.1) is 0 Å². The Morgan fingerprint density at radius 2 is 2.22 bits per heavy atom. The van der Waals surface area contributed by atoms with Crippen molar-refractivity contribution in [3.05, 3.63) is 30.1 Å². The van der Waals surface area contributed by atoms with Crippen molar-refractivity contribution in [2.45, 2.75) is 26.3 Å². The zero-order chi connectivity index (χ0) is 13.0. The summed E-state index contributed by atoms with van der Waals surface area (Å²) in [5.41, 5.74) is 0.737. The minimum Gasteiger partial charge on any atom is -0.333 e. The Kier molecular flexibility index (Phi) is 4.31. The maximum Gasteiger partial charge on any atom is 0.254 e. The van der Waals surface area contributed by atoms with Crippen LogP contribution in [0, 0.1) is 5.92 Å². The Labute approximate surface area is 108 Å². The molecule has 1 N–H and O–H groups in total. The summed E-state index contributed by atoms with van der Waals surface area (Å²) in [7, 11) is 0. The third-order valence-corrected chi connectivity index (χ3v) is 3.28. The summed E-state index contributed by atoms with van der Waals surface area (Å²) in [6.45, 7) is 6.96. The topological polar surface area (TPSA) is 45.2 Å². The Balaban J connectivity index is 2.11. The van der Waals surface area contributed by atoms with Crippen molar-refractivity contribution in [3.8, 4) is 0 Å². The van der Waals surface area contributed by atoms with Crippen molar-refractivity contribution < 1.29 is 4.79 Å². The van der Waals surface area contributed by atoms with E-state index in [4.69, 9.17) is 0 Å². The number of pyridine rings is 1. The van der Waals surface area contributed by atoms with Crippen LogP contribution in [0.15, 0.2) is 24.5 Å². The maximum absolute atomic E-state index is 12.5. The van der Waals surface area contributed by atoms with Gasteiger partial charge in [-0.2, -0.15) is 0 Å². The molecular formula is C14H21N3O. The first-order valence-electron chi connectivity index (χ1n) is 6.60. The normalized spacial score (nSPS) is 20.2. The maximum atomic E-state index is 12.5. The molecule has 0 aromatic carbocycles. The summed E-state index contributed by atoms with van der Waals surface area (Å²) in [5, 5.41) is 3.37. The minimum atomic E-state index is 0.129. The lowest BCUT2D eigenvalue weighted by Gasteiger charge is -2.37. The van der Waals surface area contributed by atoms with Crippen LogP contribution in [-0.4, -0.2) is 41.5 Å². The zero-order valence-electron chi connectivity index (χ0n) is 11.1. The zero-order valence-corrected chi connectivity index (χ0v) is 11.1. The van der Waals surface area contributed by atoms with E-state index in [1.807, 2.05) is 4.90 Å². The first kappa shape index (κ1) is 13.0. The highest BCUT2D eigenvalue weighted by atomic mass is 16.2. The van der Waals surface area contributed by atoms with Gasteiger partial charge in [0, 0.05) is 43.6 Å². The monoisotopic (exact) mass is 247 g/mol. The molecule has 2 rings (SSSR count). The van der Waals surface area contributed by atoms with E-state index in [-0.39, 0.29) is 5.91 Å². The molecule has 1 fully saturated rings. The summed E-state index contributed by atoms with van der Waals surface area (Å²) in [6.07, 6.45) is 4.39. The summed E-state index contributed by atoms with van der Waals surface area (Å²) < 4.78 is 0. The van der Waals surface area contributed by atoms with Gasteiger partial charge >= 0.3 is 0 Å². The highest BCUT2D eigenvalue weighted by Gasteiger charge is 2.27. The summed E-state index contributed by atoms with van der Waals surface area (Å²) in [6, 6.07) is 3.88. The SMILES string of the molecule is CC(C)CC1CNCCN1C(=O)c1ccncc1. The van der Waals surface area contributed by atoms with Crippen LogP contribution in [0.4, 0.5) is 0 Å². The molecule has 0 spiro atoms. The molecule has 1 atom stereocenters. The highest BCUT2D eigenvalue weighted by Crippen LogP contribution is 2.16. The van der Waals surface area contributed by atoms with Crippen LogP contribution >= 0.6 is 0 Å². The van der Waals surface area contributed by atoms with Crippen molar-refractivity contribution in [2.24, 2.45) is 5.92 Å². The van der Waals surface area contributed by atoms with Crippen LogP contribution in [0.5, 0.6) is 0 Å². The van der Waals surface area contributed by atoms with Crippen molar-refractivity contribution in [3.63, 3.8) is 0 Å². The molecule has 0 radical (unpaired) electrons. The molecule has 98 valence electrons. The van der Waals surface area contributed by atoms with Crippen LogP contribution in [0.2, 0.25) is 0 Å². The fourth-order valence-corrected chi connectivity index (χ4v) is 2.44. The number of carbonyl (C=O) groups is 1. The number of hydrogen-bond acceptors (Lipinski definition) is 3. The number of piperazine rings is 1. The summed E-state index contributed by atoms with van der Waals surface area (Å²) >= 11 is 0. The number of nitrogens with one attached hydrogen (secondary N) is 1. The van der Waals surface area contributed by atoms with Gasteiger partial charge in [-0.05, 0) is 24.5 Å². The second kappa shape index (κ2) is 5.96. The van der Waals surface area contributed by atoms with Gasteiger partial charge in [-0.25, -0.2) is 0 Å². The molecule has 4 nitrogen and oxygen atoms in total. The highest BCUT2D eigenvalue weighted by molar-refractivity contribution is 5.94. The number of carbonyl (C=O) groups excluding carboxylic acids is 1. The van der Waals surface area contributed by atoms with Crippen molar-refractivity contribution >= 4 is 5.91 Å². The van der Waals surface area contributed by atoms with E-state index in [0.717, 1.165) is 31.6 Å². The fraction of sp³-hybridized carbons (Fsp3) is 0.571. The molecule has 1 unspecified atom stereocenters. The molecule has 1 aromatic rings. The lowest BCUT2D eigenvalue weighted by atomic mass is 10.00. The first-order valence-corrected chi connectivity index (χ1v) is 6.60. The van der Waals surface area contributed by atoms with Crippen LogP contribution in [0.3, 0.4) is 0 Å². The number of hydrogen-bond donors (Lipinski definition) is 1. The van der Waals surface area contributed by atoms with Gasteiger partial charge in [-0.1, -0.05) is 13.8 Å². The van der Waals surface area contributed by atoms with E-state index in [1.165, 1.54) is 0 Å². The van der Waals surface area contributed by atoms with E-state index in [1.54, 1.807) is 24.5 Å². The standard InChI is InChI=1S/C14H21N3O/c1-11(2)9-13-10-16-7-8-17(13)14(18)12-3-5-15-6-4-12/h3-6,11,13,16H,7-10H2,1-2H3. The van der Waals surface area contributed by atoms with Gasteiger partial charge in [0.25, 0.3) is 5.91 Å². The molecule has 18 heavy (non-hydrogen) atoms. The van der Waals surface area contributed by atoms with Crippen molar-refractivity contribution in [2.75, 3.05) is 19.6 Å². The predicted octanol–water partition coefficient (Wildman–Crippen LogP) is 1.54. The Morgan fingerprint density at radius 3 is 2.89 bits per heavy atom.